The van der Waals surface area contributed by atoms with Gasteiger partial charge >= 0.3 is 5.97 Å². The van der Waals surface area contributed by atoms with Gasteiger partial charge in [0.05, 0.1) is 19.3 Å². The Labute approximate surface area is 179 Å². The summed E-state index contributed by atoms with van der Waals surface area (Å²) in [6.07, 6.45) is 5.94. The molecule has 2 aromatic carbocycles. The Morgan fingerprint density at radius 2 is 2.00 bits per heavy atom. The molecule has 0 unspecified atom stereocenters. The fraction of sp³-hybridized carbons (Fsp3) is 0.250. The Bertz CT molecular complexity index is 1040. The molecule has 1 aromatic heterocycles. The standard InChI is InChI=1S/C24H22FNO3S/c1-28-24(27)22-10-12-26-15-17(22)3-2-16-11-13-29-23-14-20(8-9-21(16)23)30-19-6-4-18(25)5-7-19/h4-10,12,14-16H,2-3,11,13H2,1H3/t16-/m1/s1. The lowest BCUT2D eigenvalue weighted by molar-refractivity contribution is 0.0599. The third-order valence-electron chi connectivity index (χ3n) is 5.27. The molecule has 0 fully saturated rings. The summed E-state index contributed by atoms with van der Waals surface area (Å²) in [4.78, 5) is 18.2. The molecular weight excluding hydrogens is 401 g/mol. The molecule has 1 aliphatic heterocycles. The Morgan fingerprint density at radius 1 is 1.20 bits per heavy atom. The average molecular weight is 424 g/mol. The normalized spacial score (nSPS) is 15.2. The van der Waals surface area contributed by atoms with E-state index in [0.29, 0.717) is 18.1 Å². The van der Waals surface area contributed by atoms with E-state index in [1.807, 2.05) is 0 Å². The minimum atomic E-state index is -0.331. The average Bonchev–Trinajstić information content (AvgIpc) is 2.78. The maximum absolute atomic E-state index is 13.1. The van der Waals surface area contributed by atoms with Gasteiger partial charge in [-0.3, -0.25) is 4.98 Å². The van der Waals surface area contributed by atoms with Crippen LogP contribution >= 0.6 is 11.8 Å². The zero-order valence-electron chi connectivity index (χ0n) is 16.6. The van der Waals surface area contributed by atoms with E-state index < -0.39 is 0 Å². The van der Waals surface area contributed by atoms with E-state index in [1.54, 1.807) is 42.4 Å². The molecule has 0 amide bonds. The lowest BCUT2D eigenvalue weighted by Gasteiger charge is -2.26. The summed E-state index contributed by atoms with van der Waals surface area (Å²) in [5, 5.41) is 0. The van der Waals surface area contributed by atoms with E-state index in [4.69, 9.17) is 9.47 Å². The predicted molar refractivity (Wildman–Crippen MR) is 114 cm³/mol. The molecular formula is C24H22FNO3S. The van der Waals surface area contributed by atoms with Crippen molar-refractivity contribution < 1.29 is 18.7 Å². The molecule has 6 heteroatoms. The van der Waals surface area contributed by atoms with E-state index in [1.165, 1.54) is 24.8 Å². The molecule has 4 nitrogen and oxygen atoms in total. The van der Waals surface area contributed by atoms with E-state index in [-0.39, 0.29) is 11.8 Å². The molecule has 0 saturated heterocycles. The predicted octanol–water partition coefficient (Wildman–Crippen LogP) is 5.66. The molecule has 0 radical (unpaired) electrons. The highest BCUT2D eigenvalue weighted by Gasteiger charge is 2.23. The van der Waals surface area contributed by atoms with Crippen LogP contribution in [0.2, 0.25) is 0 Å². The number of halogens is 1. The number of aryl methyl sites for hydroxylation is 1. The second kappa shape index (κ2) is 9.30. The lowest BCUT2D eigenvalue weighted by atomic mass is 9.87. The number of hydrogen-bond acceptors (Lipinski definition) is 5. The molecule has 0 N–H and O–H groups in total. The number of benzene rings is 2. The first-order valence-corrected chi connectivity index (χ1v) is 10.7. The molecule has 0 bridgehead atoms. The van der Waals surface area contributed by atoms with Gasteiger partial charge in [-0.15, -0.1) is 0 Å². The molecule has 30 heavy (non-hydrogen) atoms. The van der Waals surface area contributed by atoms with Gasteiger partial charge < -0.3 is 9.47 Å². The van der Waals surface area contributed by atoms with Crippen molar-refractivity contribution in [2.45, 2.75) is 35.0 Å². The van der Waals surface area contributed by atoms with E-state index in [0.717, 1.165) is 40.4 Å². The number of esters is 1. The number of pyridine rings is 1. The second-order valence-electron chi connectivity index (χ2n) is 7.15. The number of carbonyl (C=O) groups is 1. The number of hydrogen-bond donors (Lipinski definition) is 0. The highest BCUT2D eigenvalue weighted by Crippen LogP contribution is 2.40. The number of aromatic nitrogens is 1. The largest absolute Gasteiger partial charge is 0.493 e. The fourth-order valence-electron chi connectivity index (χ4n) is 3.71. The van der Waals surface area contributed by atoms with Crippen LogP contribution in [0.25, 0.3) is 0 Å². The minimum absolute atomic E-state index is 0.236. The Morgan fingerprint density at radius 3 is 2.80 bits per heavy atom. The maximum atomic E-state index is 13.1. The van der Waals surface area contributed by atoms with Crippen LogP contribution in [-0.2, 0) is 11.2 Å². The Hall–Kier alpha value is -2.86. The number of ether oxygens (including phenoxy) is 2. The van der Waals surface area contributed by atoms with Gasteiger partial charge in [0.25, 0.3) is 0 Å². The Balaban J connectivity index is 1.48. The molecule has 2 heterocycles. The SMILES string of the molecule is COC(=O)c1ccncc1CC[C@@H]1CCOc2cc(Sc3ccc(F)cc3)ccc21. The monoisotopic (exact) mass is 423 g/mol. The quantitative estimate of drug-likeness (QED) is 0.479. The summed E-state index contributed by atoms with van der Waals surface area (Å²) >= 11 is 1.58. The number of nitrogens with zero attached hydrogens (tertiary/aromatic N) is 1. The van der Waals surface area contributed by atoms with Crippen molar-refractivity contribution in [3.63, 3.8) is 0 Å². The summed E-state index contributed by atoms with van der Waals surface area (Å²) in [7, 11) is 1.39. The van der Waals surface area contributed by atoms with Gasteiger partial charge in [0, 0.05) is 22.2 Å². The first-order valence-electron chi connectivity index (χ1n) is 9.85. The van der Waals surface area contributed by atoms with Gasteiger partial charge in [0.2, 0.25) is 0 Å². The smallest absolute Gasteiger partial charge is 0.338 e. The highest BCUT2D eigenvalue weighted by molar-refractivity contribution is 7.99. The van der Waals surface area contributed by atoms with E-state index in [2.05, 4.69) is 23.2 Å². The van der Waals surface area contributed by atoms with Gasteiger partial charge in [0.1, 0.15) is 11.6 Å². The zero-order valence-corrected chi connectivity index (χ0v) is 17.5. The fourth-order valence-corrected chi connectivity index (χ4v) is 4.56. The van der Waals surface area contributed by atoms with E-state index >= 15 is 0 Å². The van der Waals surface area contributed by atoms with Crippen molar-refractivity contribution in [1.29, 1.82) is 0 Å². The Kier molecular flexibility index (Phi) is 6.33. The second-order valence-corrected chi connectivity index (χ2v) is 8.30. The summed E-state index contributed by atoms with van der Waals surface area (Å²) in [6.45, 7) is 0.666. The van der Waals surface area contributed by atoms with Crippen LogP contribution in [0.4, 0.5) is 4.39 Å². The van der Waals surface area contributed by atoms with Crippen LogP contribution < -0.4 is 4.74 Å². The van der Waals surface area contributed by atoms with Crippen molar-refractivity contribution in [3.8, 4) is 5.75 Å². The summed E-state index contributed by atoms with van der Waals surface area (Å²) in [5.74, 6) is 0.684. The third-order valence-corrected chi connectivity index (χ3v) is 6.27. The van der Waals surface area contributed by atoms with Gasteiger partial charge in [-0.25, -0.2) is 9.18 Å². The van der Waals surface area contributed by atoms with Crippen LogP contribution in [0.3, 0.4) is 0 Å². The van der Waals surface area contributed by atoms with Crippen LogP contribution in [-0.4, -0.2) is 24.7 Å². The van der Waals surface area contributed by atoms with Crippen LogP contribution in [0.15, 0.2) is 70.7 Å². The summed E-state index contributed by atoms with van der Waals surface area (Å²) in [5.41, 5.74) is 2.67. The molecule has 0 aliphatic carbocycles. The van der Waals surface area contributed by atoms with Crippen molar-refractivity contribution in [2.75, 3.05) is 13.7 Å². The van der Waals surface area contributed by atoms with Crippen LogP contribution in [0.1, 0.15) is 40.2 Å². The summed E-state index contributed by atoms with van der Waals surface area (Å²) < 4.78 is 23.9. The molecule has 154 valence electrons. The molecule has 3 aromatic rings. The molecule has 1 atom stereocenters. The topological polar surface area (TPSA) is 48.4 Å². The van der Waals surface area contributed by atoms with E-state index in [9.17, 15) is 9.18 Å². The van der Waals surface area contributed by atoms with Gasteiger partial charge in [-0.2, -0.15) is 0 Å². The van der Waals surface area contributed by atoms with Crippen LogP contribution in [0, 0.1) is 5.82 Å². The molecule has 4 rings (SSSR count). The lowest BCUT2D eigenvalue weighted by Crippen LogP contribution is -2.15. The molecule has 0 saturated carbocycles. The number of carbonyl (C=O) groups excluding carboxylic acids is 1. The number of methoxy groups -OCH3 is 1. The number of fused-ring (bicyclic) bond motifs is 1. The third kappa shape index (κ3) is 4.65. The van der Waals surface area contributed by atoms with Crippen molar-refractivity contribution in [3.05, 3.63) is 83.4 Å². The first kappa shape index (κ1) is 20.4. The van der Waals surface area contributed by atoms with Crippen molar-refractivity contribution in [1.82, 2.24) is 4.98 Å². The number of rotatable bonds is 6. The van der Waals surface area contributed by atoms with Gasteiger partial charge in [-0.1, -0.05) is 17.8 Å². The summed E-state index contributed by atoms with van der Waals surface area (Å²) in [6, 6.07) is 14.4. The molecule has 0 spiro atoms. The minimum Gasteiger partial charge on any atom is -0.493 e. The van der Waals surface area contributed by atoms with Crippen molar-refractivity contribution in [2.24, 2.45) is 0 Å². The zero-order chi connectivity index (χ0) is 20.9. The van der Waals surface area contributed by atoms with Crippen molar-refractivity contribution >= 4 is 17.7 Å². The van der Waals surface area contributed by atoms with Crippen LogP contribution in [0.5, 0.6) is 5.75 Å². The van der Waals surface area contributed by atoms with Gasteiger partial charge in [0.15, 0.2) is 0 Å². The van der Waals surface area contributed by atoms with Gasteiger partial charge in [-0.05, 0) is 78.8 Å². The maximum Gasteiger partial charge on any atom is 0.338 e. The highest BCUT2D eigenvalue weighted by atomic mass is 32.2. The first-order chi connectivity index (χ1) is 14.6. The molecule has 1 aliphatic rings.